The monoisotopic (exact) mass is 299 g/mol. The van der Waals surface area contributed by atoms with Gasteiger partial charge in [0.1, 0.15) is 4.90 Å². The maximum atomic E-state index is 12.6. The Bertz CT molecular complexity index is 689. The van der Waals surface area contributed by atoms with Gasteiger partial charge in [-0.2, -0.15) is 4.31 Å². The average molecular weight is 299 g/mol. The third kappa shape index (κ3) is 2.41. The standard InChI is InChI=1S/C13H17NO3S2/c1-9(2)14(3)19(16,17)13-10-6-4-5-7-11(10)18-12(13)8-15/h4-7,9,15H,8H2,1-3H3. The number of hydrogen-bond acceptors (Lipinski definition) is 4. The summed E-state index contributed by atoms with van der Waals surface area (Å²) >= 11 is 1.32. The lowest BCUT2D eigenvalue weighted by atomic mass is 10.2. The van der Waals surface area contributed by atoms with Gasteiger partial charge in [0, 0.05) is 23.2 Å². The molecule has 0 radical (unpaired) electrons. The van der Waals surface area contributed by atoms with Crippen LogP contribution < -0.4 is 0 Å². The summed E-state index contributed by atoms with van der Waals surface area (Å²) in [4.78, 5) is 0.737. The van der Waals surface area contributed by atoms with Gasteiger partial charge in [-0.1, -0.05) is 18.2 Å². The zero-order valence-corrected chi connectivity index (χ0v) is 12.8. The first-order chi connectivity index (χ1) is 8.89. The summed E-state index contributed by atoms with van der Waals surface area (Å²) in [6, 6.07) is 7.20. The zero-order valence-electron chi connectivity index (χ0n) is 11.1. The van der Waals surface area contributed by atoms with Crippen LogP contribution in [0.3, 0.4) is 0 Å². The molecule has 4 nitrogen and oxygen atoms in total. The van der Waals surface area contributed by atoms with Gasteiger partial charge in [-0.25, -0.2) is 8.42 Å². The SMILES string of the molecule is CC(C)N(C)S(=O)(=O)c1c(CO)sc2ccccc12. The molecular formula is C13H17NO3S2. The summed E-state index contributed by atoms with van der Waals surface area (Å²) in [5.41, 5.74) is 0. The third-order valence-electron chi connectivity index (χ3n) is 3.13. The van der Waals surface area contributed by atoms with Gasteiger partial charge in [0.25, 0.3) is 0 Å². The van der Waals surface area contributed by atoms with Crippen molar-refractivity contribution < 1.29 is 13.5 Å². The van der Waals surface area contributed by atoms with Crippen LogP contribution in [0, 0.1) is 0 Å². The van der Waals surface area contributed by atoms with Crippen LogP contribution in [0.15, 0.2) is 29.2 Å². The van der Waals surface area contributed by atoms with Crippen LogP contribution in [0.2, 0.25) is 0 Å². The van der Waals surface area contributed by atoms with Crippen molar-refractivity contribution in [3.8, 4) is 0 Å². The first-order valence-electron chi connectivity index (χ1n) is 5.99. The topological polar surface area (TPSA) is 57.6 Å². The summed E-state index contributed by atoms with van der Waals surface area (Å²) in [6.07, 6.45) is 0. The fourth-order valence-corrected chi connectivity index (χ4v) is 5.00. The largest absolute Gasteiger partial charge is 0.391 e. The molecule has 0 saturated carbocycles. The first kappa shape index (κ1) is 14.5. The predicted octanol–water partition coefficient (Wildman–Crippen LogP) is 2.42. The molecule has 104 valence electrons. The number of fused-ring (bicyclic) bond motifs is 1. The molecule has 19 heavy (non-hydrogen) atoms. The molecule has 2 aromatic rings. The van der Waals surface area contributed by atoms with Gasteiger partial charge in [0.2, 0.25) is 10.0 Å². The van der Waals surface area contributed by atoms with E-state index in [1.807, 2.05) is 32.0 Å². The van der Waals surface area contributed by atoms with Crippen molar-refractivity contribution >= 4 is 31.4 Å². The van der Waals surface area contributed by atoms with Gasteiger partial charge in [-0.05, 0) is 19.9 Å². The van der Waals surface area contributed by atoms with Crippen LogP contribution in [0.4, 0.5) is 0 Å². The Hall–Kier alpha value is -0.950. The van der Waals surface area contributed by atoms with Crippen molar-refractivity contribution in [3.05, 3.63) is 29.1 Å². The minimum Gasteiger partial charge on any atom is -0.391 e. The van der Waals surface area contributed by atoms with Crippen molar-refractivity contribution in [1.82, 2.24) is 4.31 Å². The molecule has 0 atom stereocenters. The molecule has 2 rings (SSSR count). The van der Waals surface area contributed by atoms with Crippen LogP contribution in [0.1, 0.15) is 18.7 Å². The maximum absolute atomic E-state index is 12.6. The lowest BCUT2D eigenvalue weighted by Crippen LogP contribution is -2.33. The van der Waals surface area contributed by atoms with Crippen molar-refractivity contribution in [2.75, 3.05) is 7.05 Å². The number of aliphatic hydroxyl groups excluding tert-OH is 1. The van der Waals surface area contributed by atoms with Crippen LogP contribution in [0.5, 0.6) is 0 Å². The highest BCUT2D eigenvalue weighted by Crippen LogP contribution is 2.36. The van der Waals surface area contributed by atoms with E-state index in [4.69, 9.17) is 0 Å². The molecule has 0 aliphatic carbocycles. The highest BCUT2D eigenvalue weighted by atomic mass is 32.2. The van der Waals surface area contributed by atoms with Crippen molar-refractivity contribution in [2.45, 2.75) is 31.4 Å². The van der Waals surface area contributed by atoms with Crippen molar-refractivity contribution in [1.29, 1.82) is 0 Å². The number of benzene rings is 1. The Kier molecular flexibility index (Phi) is 3.96. The Morgan fingerprint density at radius 3 is 2.53 bits per heavy atom. The molecule has 0 spiro atoms. The summed E-state index contributed by atoms with van der Waals surface area (Å²) in [5, 5.41) is 10.1. The van der Waals surface area contributed by atoms with E-state index in [0.717, 1.165) is 4.70 Å². The van der Waals surface area contributed by atoms with Crippen molar-refractivity contribution in [3.63, 3.8) is 0 Å². The molecular weight excluding hydrogens is 282 g/mol. The molecule has 0 unspecified atom stereocenters. The van der Waals surface area contributed by atoms with E-state index in [1.54, 1.807) is 13.1 Å². The summed E-state index contributed by atoms with van der Waals surface area (Å²) in [5.74, 6) is 0. The summed E-state index contributed by atoms with van der Waals surface area (Å²) < 4.78 is 27.5. The Morgan fingerprint density at radius 1 is 1.32 bits per heavy atom. The molecule has 0 aliphatic heterocycles. The third-order valence-corrected chi connectivity index (χ3v) is 6.57. The Labute approximate surface area is 117 Å². The molecule has 1 heterocycles. The molecule has 0 bridgehead atoms. The number of thiophene rings is 1. The van der Waals surface area contributed by atoms with Gasteiger partial charge in [-0.15, -0.1) is 11.3 Å². The van der Waals surface area contributed by atoms with E-state index in [9.17, 15) is 13.5 Å². The van der Waals surface area contributed by atoms with Crippen LogP contribution >= 0.6 is 11.3 Å². The van der Waals surface area contributed by atoms with E-state index in [-0.39, 0.29) is 17.5 Å². The summed E-state index contributed by atoms with van der Waals surface area (Å²) in [6.45, 7) is 3.38. The Morgan fingerprint density at radius 2 is 1.95 bits per heavy atom. The second-order valence-electron chi connectivity index (χ2n) is 4.62. The fraction of sp³-hybridized carbons (Fsp3) is 0.385. The number of hydrogen-bond donors (Lipinski definition) is 1. The Balaban J connectivity index is 2.74. The van der Waals surface area contributed by atoms with Gasteiger partial charge >= 0.3 is 0 Å². The van der Waals surface area contributed by atoms with E-state index in [0.29, 0.717) is 10.3 Å². The normalized spacial score (nSPS) is 12.7. The second-order valence-corrected chi connectivity index (χ2v) is 7.69. The van der Waals surface area contributed by atoms with Gasteiger partial charge in [0.15, 0.2) is 0 Å². The van der Waals surface area contributed by atoms with E-state index in [1.165, 1.54) is 15.6 Å². The number of nitrogens with zero attached hydrogens (tertiary/aromatic N) is 1. The fourth-order valence-electron chi connectivity index (χ4n) is 1.88. The average Bonchev–Trinajstić information content (AvgIpc) is 2.76. The minimum absolute atomic E-state index is 0.129. The molecule has 0 aliphatic rings. The van der Waals surface area contributed by atoms with E-state index < -0.39 is 10.0 Å². The lowest BCUT2D eigenvalue weighted by molar-refractivity contribution is 0.282. The van der Waals surface area contributed by atoms with Crippen LogP contribution in [-0.2, 0) is 16.6 Å². The van der Waals surface area contributed by atoms with Gasteiger partial charge in [-0.3, -0.25) is 0 Å². The maximum Gasteiger partial charge on any atom is 0.244 e. The van der Waals surface area contributed by atoms with Crippen LogP contribution in [-0.4, -0.2) is 30.9 Å². The molecule has 0 fully saturated rings. The number of aliphatic hydroxyl groups is 1. The molecule has 1 aromatic heterocycles. The predicted molar refractivity (Wildman–Crippen MR) is 77.8 cm³/mol. The highest BCUT2D eigenvalue weighted by molar-refractivity contribution is 7.89. The molecule has 0 saturated heterocycles. The van der Waals surface area contributed by atoms with Gasteiger partial charge < -0.3 is 5.11 Å². The summed E-state index contributed by atoms with van der Waals surface area (Å²) in [7, 11) is -2.02. The number of sulfonamides is 1. The zero-order chi connectivity index (χ0) is 14.2. The number of rotatable bonds is 4. The molecule has 0 amide bonds. The quantitative estimate of drug-likeness (QED) is 0.943. The lowest BCUT2D eigenvalue weighted by Gasteiger charge is -2.21. The van der Waals surface area contributed by atoms with Crippen LogP contribution in [0.25, 0.3) is 10.1 Å². The minimum atomic E-state index is -3.58. The first-order valence-corrected chi connectivity index (χ1v) is 8.24. The molecule has 1 aromatic carbocycles. The van der Waals surface area contributed by atoms with Gasteiger partial charge in [0.05, 0.1) is 11.5 Å². The molecule has 1 N–H and O–H groups in total. The van der Waals surface area contributed by atoms with E-state index >= 15 is 0 Å². The molecule has 6 heteroatoms. The van der Waals surface area contributed by atoms with Crippen molar-refractivity contribution in [2.24, 2.45) is 0 Å². The highest BCUT2D eigenvalue weighted by Gasteiger charge is 2.29. The second kappa shape index (κ2) is 5.20. The van der Waals surface area contributed by atoms with E-state index in [2.05, 4.69) is 0 Å². The smallest absolute Gasteiger partial charge is 0.244 e.